The molecule has 60 valence electrons. The van der Waals surface area contributed by atoms with Crippen LogP contribution in [0.15, 0.2) is 36.3 Å². The predicted molar refractivity (Wildman–Crippen MR) is 47.8 cm³/mol. The second-order valence-corrected chi connectivity index (χ2v) is 2.82. The van der Waals surface area contributed by atoms with Gasteiger partial charge < -0.3 is 9.80 Å². The minimum Gasteiger partial charge on any atom is -0.382 e. The molecule has 1 rings (SSSR count). The van der Waals surface area contributed by atoms with E-state index in [2.05, 4.69) is 17.7 Å². The molecule has 0 radical (unpaired) electrons. The maximum absolute atomic E-state index is 3.64. The zero-order valence-electron chi connectivity index (χ0n) is 7.33. The summed E-state index contributed by atoms with van der Waals surface area (Å²) in [5.41, 5.74) is 2.53. The van der Waals surface area contributed by atoms with Crippen molar-refractivity contribution in [3.63, 3.8) is 0 Å². The van der Waals surface area contributed by atoms with Gasteiger partial charge in [-0.3, -0.25) is 0 Å². The normalized spacial score (nSPS) is 22.6. The summed E-state index contributed by atoms with van der Waals surface area (Å²) >= 11 is 0. The summed E-state index contributed by atoms with van der Waals surface area (Å²) in [5, 5.41) is 0. The molecule has 0 spiro atoms. The van der Waals surface area contributed by atoms with Crippen molar-refractivity contribution in [2.24, 2.45) is 0 Å². The van der Waals surface area contributed by atoms with E-state index in [0.29, 0.717) is 0 Å². The highest BCUT2D eigenvalue weighted by atomic mass is 15.3. The van der Waals surface area contributed by atoms with Crippen molar-refractivity contribution in [3.8, 4) is 0 Å². The van der Waals surface area contributed by atoms with Crippen LogP contribution in [0.1, 0.15) is 0 Å². The molecular formula is C9H14N2. The lowest BCUT2D eigenvalue weighted by Gasteiger charge is -2.00. The van der Waals surface area contributed by atoms with Gasteiger partial charge in [-0.25, -0.2) is 0 Å². The number of likely N-dealkylation sites (N-methyl/N-ethyl adjacent to an activating group) is 1. The van der Waals surface area contributed by atoms with Crippen LogP contribution in [0.4, 0.5) is 0 Å². The predicted octanol–water partition coefficient (Wildman–Crippen LogP) is 1.40. The monoisotopic (exact) mass is 150 g/mol. The van der Waals surface area contributed by atoms with Crippen LogP contribution in [0.2, 0.25) is 0 Å². The fraction of sp³-hybridized carbons (Fsp3) is 0.333. The van der Waals surface area contributed by atoms with Gasteiger partial charge in [0.25, 0.3) is 0 Å². The van der Waals surface area contributed by atoms with Crippen LogP contribution in [0.5, 0.6) is 0 Å². The van der Waals surface area contributed by atoms with E-state index < -0.39 is 0 Å². The molecule has 0 unspecified atom stereocenters. The summed E-state index contributed by atoms with van der Waals surface area (Å²) in [6.45, 7) is 3.64. The van der Waals surface area contributed by atoms with Crippen LogP contribution in [0.25, 0.3) is 0 Å². The van der Waals surface area contributed by atoms with Crippen LogP contribution in [-0.4, -0.2) is 30.9 Å². The van der Waals surface area contributed by atoms with E-state index in [-0.39, 0.29) is 0 Å². The summed E-state index contributed by atoms with van der Waals surface area (Å²) < 4.78 is 0. The van der Waals surface area contributed by atoms with Gasteiger partial charge in [-0.05, 0) is 6.08 Å². The van der Waals surface area contributed by atoms with Crippen molar-refractivity contribution in [1.82, 2.24) is 9.80 Å². The van der Waals surface area contributed by atoms with Gasteiger partial charge in [-0.15, -0.1) is 0 Å². The smallest absolute Gasteiger partial charge is 0.0811 e. The van der Waals surface area contributed by atoms with Crippen molar-refractivity contribution in [3.05, 3.63) is 36.3 Å². The first-order valence-electron chi connectivity index (χ1n) is 3.62. The van der Waals surface area contributed by atoms with E-state index in [4.69, 9.17) is 0 Å². The standard InChI is InChI=1S/C9H14N2/c1-5-6-8-9(11(8)4)7-10(2)3/h5-7H,1H2,2-4H3/b8-6?,9-7+. The molecule has 0 aromatic carbocycles. The summed E-state index contributed by atoms with van der Waals surface area (Å²) in [6.07, 6.45) is 5.91. The van der Waals surface area contributed by atoms with Gasteiger partial charge >= 0.3 is 0 Å². The quantitative estimate of drug-likeness (QED) is 0.549. The van der Waals surface area contributed by atoms with Gasteiger partial charge in [0.2, 0.25) is 0 Å². The summed E-state index contributed by atoms with van der Waals surface area (Å²) in [4.78, 5) is 4.16. The summed E-state index contributed by atoms with van der Waals surface area (Å²) in [7, 11) is 6.08. The molecule has 0 N–H and O–H groups in total. The number of hydrogen-bond acceptors (Lipinski definition) is 2. The molecule has 1 saturated heterocycles. The van der Waals surface area contributed by atoms with Crippen molar-refractivity contribution < 1.29 is 0 Å². The van der Waals surface area contributed by atoms with Gasteiger partial charge in [0.15, 0.2) is 0 Å². The molecule has 2 nitrogen and oxygen atoms in total. The molecule has 1 aliphatic rings. The van der Waals surface area contributed by atoms with Crippen LogP contribution >= 0.6 is 0 Å². The first kappa shape index (κ1) is 7.92. The molecule has 0 aliphatic carbocycles. The Bertz CT molecular complexity index is 224. The van der Waals surface area contributed by atoms with Crippen LogP contribution < -0.4 is 0 Å². The van der Waals surface area contributed by atoms with Crippen molar-refractivity contribution in [2.45, 2.75) is 0 Å². The Morgan fingerprint density at radius 1 is 1.36 bits per heavy atom. The SMILES string of the molecule is C=CC=C1/C(=C\N(C)C)N1C. The van der Waals surface area contributed by atoms with Gasteiger partial charge in [-0.2, -0.15) is 0 Å². The third-order valence-corrected chi connectivity index (χ3v) is 1.59. The van der Waals surface area contributed by atoms with E-state index in [1.807, 2.05) is 38.2 Å². The highest BCUT2D eigenvalue weighted by Crippen LogP contribution is 2.34. The third-order valence-electron chi connectivity index (χ3n) is 1.59. The topological polar surface area (TPSA) is 6.25 Å². The minimum atomic E-state index is 1.26. The van der Waals surface area contributed by atoms with Crippen molar-refractivity contribution in [2.75, 3.05) is 21.1 Å². The zero-order chi connectivity index (χ0) is 8.43. The molecule has 0 aromatic heterocycles. The van der Waals surface area contributed by atoms with Crippen LogP contribution in [-0.2, 0) is 0 Å². The molecule has 1 heterocycles. The Hall–Kier alpha value is -1.18. The van der Waals surface area contributed by atoms with E-state index in [1.165, 1.54) is 11.4 Å². The summed E-state index contributed by atoms with van der Waals surface area (Å²) in [6, 6.07) is 0. The number of nitrogens with zero attached hydrogens (tertiary/aromatic N) is 2. The average Bonchev–Trinajstić information content (AvgIpc) is 2.45. The van der Waals surface area contributed by atoms with E-state index in [1.54, 1.807) is 0 Å². The van der Waals surface area contributed by atoms with E-state index >= 15 is 0 Å². The maximum Gasteiger partial charge on any atom is 0.0811 e. The lowest BCUT2D eigenvalue weighted by molar-refractivity contribution is 0.555. The van der Waals surface area contributed by atoms with Gasteiger partial charge in [0.05, 0.1) is 11.4 Å². The molecule has 1 fully saturated rings. The second kappa shape index (κ2) is 2.82. The Kier molecular flexibility index (Phi) is 2.03. The molecule has 1 aliphatic heterocycles. The molecule has 11 heavy (non-hydrogen) atoms. The van der Waals surface area contributed by atoms with E-state index in [0.717, 1.165) is 0 Å². The molecule has 0 aromatic rings. The van der Waals surface area contributed by atoms with Gasteiger partial charge in [-0.1, -0.05) is 12.7 Å². The van der Waals surface area contributed by atoms with Gasteiger partial charge in [0, 0.05) is 27.3 Å². The molecular weight excluding hydrogens is 136 g/mol. The Balaban J connectivity index is 2.68. The molecule has 0 atom stereocenters. The largest absolute Gasteiger partial charge is 0.382 e. The van der Waals surface area contributed by atoms with Crippen LogP contribution in [0.3, 0.4) is 0 Å². The number of allylic oxidation sites excluding steroid dienone is 2. The Morgan fingerprint density at radius 3 is 2.45 bits per heavy atom. The highest BCUT2D eigenvalue weighted by molar-refractivity contribution is 5.47. The Morgan fingerprint density at radius 2 is 2.00 bits per heavy atom. The first-order chi connectivity index (χ1) is 5.16. The van der Waals surface area contributed by atoms with Crippen molar-refractivity contribution in [1.29, 1.82) is 0 Å². The molecule has 0 amide bonds. The summed E-state index contributed by atoms with van der Waals surface area (Å²) in [5.74, 6) is 0. The maximum atomic E-state index is 3.64. The minimum absolute atomic E-state index is 1.26. The van der Waals surface area contributed by atoms with Gasteiger partial charge in [0.1, 0.15) is 0 Å². The van der Waals surface area contributed by atoms with Crippen LogP contribution in [0, 0.1) is 0 Å². The number of hydrogen-bond donors (Lipinski definition) is 0. The van der Waals surface area contributed by atoms with Crippen molar-refractivity contribution >= 4 is 0 Å². The Labute approximate surface area is 68.1 Å². The fourth-order valence-corrected chi connectivity index (χ4v) is 0.987. The lowest BCUT2D eigenvalue weighted by Crippen LogP contribution is -2.00. The number of rotatable bonds is 2. The first-order valence-corrected chi connectivity index (χ1v) is 3.62. The lowest BCUT2D eigenvalue weighted by atomic mass is 10.4. The average molecular weight is 150 g/mol. The highest BCUT2D eigenvalue weighted by Gasteiger charge is 2.28. The fourth-order valence-electron chi connectivity index (χ4n) is 0.987. The molecule has 0 bridgehead atoms. The third kappa shape index (κ3) is 1.64. The molecule has 0 saturated carbocycles. The van der Waals surface area contributed by atoms with E-state index in [9.17, 15) is 0 Å². The zero-order valence-corrected chi connectivity index (χ0v) is 7.33. The molecule has 2 heteroatoms. The second-order valence-electron chi connectivity index (χ2n) is 2.82.